The fourth-order valence-electron chi connectivity index (χ4n) is 3.08. The van der Waals surface area contributed by atoms with Crippen LogP contribution < -0.4 is 5.32 Å². The van der Waals surface area contributed by atoms with Gasteiger partial charge in [0.25, 0.3) is 0 Å². The van der Waals surface area contributed by atoms with Crippen molar-refractivity contribution in [2.45, 2.75) is 19.3 Å². The zero-order valence-corrected chi connectivity index (χ0v) is 15.7. The van der Waals surface area contributed by atoms with Crippen LogP contribution in [-0.2, 0) is 24.1 Å². The molecule has 150 valence electrons. The summed E-state index contributed by atoms with van der Waals surface area (Å²) in [7, 11) is 0. The molecule has 0 heterocycles. The van der Waals surface area contributed by atoms with Gasteiger partial charge in [-0.2, -0.15) is 13.2 Å². The molecule has 0 saturated heterocycles. The first-order valence-corrected chi connectivity index (χ1v) is 9.18. The number of hydrogen-bond acceptors (Lipinski definition) is 2. The van der Waals surface area contributed by atoms with Crippen LogP contribution in [0, 0.1) is 0 Å². The normalized spacial score (nSPS) is 11.4. The summed E-state index contributed by atoms with van der Waals surface area (Å²) in [4.78, 5) is 14.5. The lowest BCUT2D eigenvalue weighted by atomic mass is 10.1. The number of anilines is 1. The number of nitrogens with zero attached hydrogens (tertiary/aromatic N) is 1. The maximum atomic E-state index is 13.2. The van der Waals surface area contributed by atoms with Crippen LogP contribution in [0.1, 0.15) is 16.7 Å². The van der Waals surface area contributed by atoms with E-state index in [1.807, 2.05) is 65.6 Å². The van der Waals surface area contributed by atoms with Crippen molar-refractivity contribution in [2.24, 2.45) is 0 Å². The Kier molecular flexibility index (Phi) is 6.67. The molecule has 0 saturated carbocycles. The van der Waals surface area contributed by atoms with Crippen LogP contribution in [0.5, 0.6) is 0 Å². The Bertz CT molecular complexity index is 886. The van der Waals surface area contributed by atoms with Gasteiger partial charge in [-0.3, -0.25) is 9.69 Å². The zero-order chi connectivity index (χ0) is 20.7. The van der Waals surface area contributed by atoms with E-state index in [2.05, 4.69) is 5.32 Å². The molecule has 0 bridgehead atoms. The molecule has 3 aromatic carbocycles. The molecule has 3 aromatic rings. The number of nitrogens with one attached hydrogen (secondary N) is 1. The van der Waals surface area contributed by atoms with Gasteiger partial charge in [0.15, 0.2) is 0 Å². The first kappa shape index (κ1) is 20.6. The second kappa shape index (κ2) is 9.39. The minimum atomic E-state index is -4.53. The Labute approximate surface area is 167 Å². The lowest BCUT2D eigenvalue weighted by Crippen LogP contribution is -2.33. The quantitative estimate of drug-likeness (QED) is 0.582. The fourth-order valence-corrected chi connectivity index (χ4v) is 3.08. The summed E-state index contributed by atoms with van der Waals surface area (Å²) >= 11 is 0. The van der Waals surface area contributed by atoms with E-state index in [9.17, 15) is 18.0 Å². The predicted molar refractivity (Wildman–Crippen MR) is 107 cm³/mol. The standard InChI is InChI=1S/C23H21F3N2O/c24-23(25,26)20-13-7-8-14-21(20)27-22(29)17-28(15-18-9-3-1-4-10-18)16-19-11-5-2-6-12-19/h1-14H,15-17H2,(H,27,29). The van der Waals surface area contributed by atoms with Crippen LogP contribution in [0.4, 0.5) is 18.9 Å². The zero-order valence-electron chi connectivity index (χ0n) is 15.7. The lowest BCUT2D eigenvalue weighted by molar-refractivity contribution is -0.137. The number of rotatable bonds is 7. The summed E-state index contributed by atoms with van der Waals surface area (Å²) in [5.74, 6) is -0.492. The van der Waals surface area contributed by atoms with Crippen molar-refractivity contribution in [3.05, 3.63) is 102 Å². The Hall–Kier alpha value is -3.12. The number of benzene rings is 3. The highest BCUT2D eigenvalue weighted by Gasteiger charge is 2.33. The highest BCUT2D eigenvalue weighted by Crippen LogP contribution is 2.34. The maximum absolute atomic E-state index is 13.2. The lowest BCUT2D eigenvalue weighted by Gasteiger charge is -2.22. The maximum Gasteiger partial charge on any atom is 0.418 e. The van der Waals surface area contributed by atoms with Crippen molar-refractivity contribution in [3.63, 3.8) is 0 Å². The van der Waals surface area contributed by atoms with E-state index in [0.717, 1.165) is 17.2 Å². The first-order valence-electron chi connectivity index (χ1n) is 9.18. The summed E-state index contributed by atoms with van der Waals surface area (Å²) in [6, 6.07) is 24.3. The van der Waals surface area contributed by atoms with Crippen LogP contribution >= 0.6 is 0 Å². The van der Waals surface area contributed by atoms with Crippen LogP contribution in [0.15, 0.2) is 84.9 Å². The summed E-state index contributed by atoms with van der Waals surface area (Å²) in [6.45, 7) is 0.976. The predicted octanol–water partition coefficient (Wildman–Crippen LogP) is 5.35. The molecule has 1 amide bonds. The highest BCUT2D eigenvalue weighted by molar-refractivity contribution is 5.93. The second-order valence-corrected chi connectivity index (χ2v) is 6.71. The molecule has 1 N–H and O–H groups in total. The third kappa shape index (κ3) is 6.19. The molecule has 0 spiro atoms. The minimum Gasteiger partial charge on any atom is -0.324 e. The van der Waals surface area contributed by atoms with E-state index in [-0.39, 0.29) is 12.2 Å². The van der Waals surface area contributed by atoms with Gasteiger partial charge in [-0.25, -0.2) is 0 Å². The van der Waals surface area contributed by atoms with E-state index in [4.69, 9.17) is 0 Å². The third-order valence-corrected chi connectivity index (χ3v) is 4.37. The first-order chi connectivity index (χ1) is 13.9. The average molecular weight is 398 g/mol. The number of alkyl halides is 3. The topological polar surface area (TPSA) is 32.3 Å². The van der Waals surface area contributed by atoms with Crippen molar-refractivity contribution < 1.29 is 18.0 Å². The molecule has 0 aliphatic carbocycles. The Balaban J connectivity index is 1.74. The molecule has 6 heteroatoms. The fraction of sp³-hybridized carbons (Fsp3) is 0.174. The van der Waals surface area contributed by atoms with Gasteiger partial charge in [0, 0.05) is 13.1 Å². The summed E-state index contributed by atoms with van der Waals surface area (Å²) < 4.78 is 39.5. The molecule has 0 unspecified atom stereocenters. The Morgan fingerprint density at radius 1 is 0.759 bits per heavy atom. The van der Waals surface area contributed by atoms with Gasteiger partial charge < -0.3 is 5.32 Å². The van der Waals surface area contributed by atoms with Gasteiger partial charge in [0.2, 0.25) is 5.91 Å². The molecule has 3 nitrogen and oxygen atoms in total. The largest absolute Gasteiger partial charge is 0.418 e. The summed E-state index contributed by atoms with van der Waals surface area (Å²) in [5, 5.41) is 2.42. The minimum absolute atomic E-state index is 0.0318. The number of carbonyl (C=O) groups is 1. The van der Waals surface area contributed by atoms with Crippen molar-refractivity contribution in [2.75, 3.05) is 11.9 Å². The summed E-state index contributed by atoms with van der Waals surface area (Å²) in [6.07, 6.45) is -4.53. The molecule has 0 atom stereocenters. The number of carbonyl (C=O) groups excluding carboxylic acids is 1. The average Bonchev–Trinajstić information content (AvgIpc) is 2.69. The molecule has 0 aliphatic heterocycles. The molecular formula is C23H21F3N2O. The molecule has 0 aliphatic rings. The van der Waals surface area contributed by atoms with E-state index >= 15 is 0 Å². The molecule has 0 fully saturated rings. The molecular weight excluding hydrogens is 377 g/mol. The number of para-hydroxylation sites is 1. The molecule has 3 rings (SSSR count). The highest BCUT2D eigenvalue weighted by atomic mass is 19.4. The smallest absolute Gasteiger partial charge is 0.324 e. The van der Waals surface area contributed by atoms with Crippen LogP contribution in [0.2, 0.25) is 0 Å². The number of halogens is 3. The van der Waals surface area contributed by atoms with Crippen LogP contribution in [0.25, 0.3) is 0 Å². The van der Waals surface area contributed by atoms with Gasteiger partial charge in [-0.1, -0.05) is 72.8 Å². The van der Waals surface area contributed by atoms with E-state index in [1.165, 1.54) is 18.2 Å². The third-order valence-electron chi connectivity index (χ3n) is 4.37. The van der Waals surface area contributed by atoms with E-state index in [1.54, 1.807) is 0 Å². The van der Waals surface area contributed by atoms with E-state index in [0.29, 0.717) is 13.1 Å². The van der Waals surface area contributed by atoms with Crippen LogP contribution in [-0.4, -0.2) is 17.4 Å². The van der Waals surface area contributed by atoms with Gasteiger partial charge in [-0.15, -0.1) is 0 Å². The molecule has 29 heavy (non-hydrogen) atoms. The second-order valence-electron chi connectivity index (χ2n) is 6.71. The van der Waals surface area contributed by atoms with Crippen LogP contribution in [0.3, 0.4) is 0 Å². The van der Waals surface area contributed by atoms with Crippen molar-refractivity contribution in [1.82, 2.24) is 4.90 Å². The molecule has 0 radical (unpaired) electrons. The Morgan fingerprint density at radius 3 is 1.76 bits per heavy atom. The van der Waals surface area contributed by atoms with Gasteiger partial charge >= 0.3 is 6.18 Å². The number of amides is 1. The SMILES string of the molecule is O=C(CN(Cc1ccccc1)Cc1ccccc1)Nc1ccccc1C(F)(F)F. The Morgan fingerprint density at radius 2 is 1.24 bits per heavy atom. The molecule has 0 aromatic heterocycles. The van der Waals surface area contributed by atoms with Gasteiger partial charge in [0.1, 0.15) is 0 Å². The van der Waals surface area contributed by atoms with Crippen molar-refractivity contribution in [1.29, 1.82) is 0 Å². The van der Waals surface area contributed by atoms with Gasteiger partial charge in [-0.05, 0) is 23.3 Å². The van der Waals surface area contributed by atoms with Gasteiger partial charge in [0.05, 0.1) is 17.8 Å². The van der Waals surface area contributed by atoms with E-state index < -0.39 is 17.6 Å². The summed E-state index contributed by atoms with van der Waals surface area (Å²) in [5.41, 5.74) is 0.953. The number of hydrogen-bond donors (Lipinski definition) is 1. The monoisotopic (exact) mass is 398 g/mol. The van der Waals surface area contributed by atoms with Crippen molar-refractivity contribution in [3.8, 4) is 0 Å². The van der Waals surface area contributed by atoms with Crippen molar-refractivity contribution >= 4 is 11.6 Å².